The number of carbonyl (C=O) groups excluding carboxylic acids is 1. The van der Waals surface area contributed by atoms with Gasteiger partial charge in [0.2, 0.25) is 0 Å². The highest BCUT2D eigenvalue weighted by Gasteiger charge is 2.23. The van der Waals surface area contributed by atoms with E-state index in [4.69, 9.17) is 9.15 Å². The van der Waals surface area contributed by atoms with Crippen molar-refractivity contribution in [1.82, 2.24) is 4.98 Å². The lowest BCUT2D eigenvalue weighted by Gasteiger charge is -2.30. The molecule has 0 fully saturated rings. The molecule has 1 aromatic heterocycles. The molecular weight excluding hydrogens is 256 g/mol. The van der Waals surface area contributed by atoms with Gasteiger partial charge in [-0.2, -0.15) is 4.98 Å². The summed E-state index contributed by atoms with van der Waals surface area (Å²) < 4.78 is 10.4. The fraction of sp³-hybridized carbons (Fsp3) is 0.733. The van der Waals surface area contributed by atoms with E-state index in [0.29, 0.717) is 24.6 Å². The summed E-state index contributed by atoms with van der Waals surface area (Å²) in [6.07, 6.45) is 3.41. The van der Waals surface area contributed by atoms with Crippen LogP contribution in [0.15, 0.2) is 10.7 Å². The highest BCUT2D eigenvalue weighted by Crippen LogP contribution is 2.21. The Bertz CT molecular complexity index is 411. The van der Waals surface area contributed by atoms with Gasteiger partial charge in [0.15, 0.2) is 5.69 Å². The molecule has 5 nitrogen and oxygen atoms in total. The molecule has 5 heteroatoms. The summed E-state index contributed by atoms with van der Waals surface area (Å²) in [4.78, 5) is 18.1. The van der Waals surface area contributed by atoms with Crippen LogP contribution in [0.4, 0.5) is 6.01 Å². The minimum atomic E-state index is -0.434. The molecule has 0 radical (unpaired) electrons. The molecule has 0 N–H and O–H groups in total. The van der Waals surface area contributed by atoms with Gasteiger partial charge in [-0.05, 0) is 25.7 Å². The number of oxazole rings is 1. The third-order valence-electron chi connectivity index (χ3n) is 3.17. The van der Waals surface area contributed by atoms with E-state index in [2.05, 4.69) is 37.6 Å². The van der Waals surface area contributed by atoms with Crippen molar-refractivity contribution in [3.63, 3.8) is 0 Å². The van der Waals surface area contributed by atoms with Gasteiger partial charge in [0, 0.05) is 12.6 Å². The minimum absolute atomic E-state index is 0.238. The van der Waals surface area contributed by atoms with Crippen molar-refractivity contribution in [2.75, 3.05) is 18.1 Å². The minimum Gasteiger partial charge on any atom is -0.461 e. The van der Waals surface area contributed by atoms with Crippen LogP contribution in [0.1, 0.15) is 57.9 Å². The zero-order valence-electron chi connectivity index (χ0n) is 13.2. The SMILES string of the molecule is CCOC(=O)c1coc(N(CC(C)C)C(CC)CC)n1. The Balaban J connectivity index is 2.93. The van der Waals surface area contributed by atoms with Crippen LogP contribution in [0.3, 0.4) is 0 Å². The van der Waals surface area contributed by atoms with E-state index in [0.717, 1.165) is 19.4 Å². The number of hydrogen-bond acceptors (Lipinski definition) is 5. The summed E-state index contributed by atoms with van der Waals surface area (Å²) in [5.41, 5.74) is 0.238. The maximum absolute atomic E-state index is 11.6. The van der Waals surface area contributed by atoms with Crippen LogP contribution < -0.4 is 4.90 Å². The summed E-state index contributed by atoms with van der Waals surface area (Å²) in [5, 5.41) is 0. The standard InChI is InChI=1S/C15H26N2O3/c1-6-12(7-2)17(9-11(4)5)15-16-13(10-20-15)14(18)19-8-3/h10-12H,6-9H2,1-5H3. The molecule has 0 aliphatic carbocycles. The smallest absolute Gasteiger partial charge is 0.360 e. The van der Waals surface area contributed by atoms with Crippen molar-refractivity contribution in [3.8, 4) is 0 Å². The Hall–Kier alpha value is -1.52. The van der Waals surface area contributed by atoms with Gasteiger partial charge in [-0.25, -0.2) is 4.79 Å². The van der Waals surface area contributed by atoms with Gasteiger partial charge in [0.1, 0.15) is 6.26 Å². The van der Waals surface area contributed by atoms with Crippen molar-refractivity contribution in [2.45, 2.75) is 53.5 Å². The number of nitrogens with zero attached hydrogens (tertiary/aromatic N) is 2. The molecular formula is C15H26N2O3. The summed E-state index contributed by atoms with van der Waals surface area (Å²) in [5.74, 6) is 0.0603. The third kappa shape index (κ3) is 4.25. The number of carbonyl (C=O) groups is 1. The first-order valence-electron chi connectivity index (χ1n) is 7.42. The lowest BCUT2D eigenvalue weighted by molar-refractivity contribution is 0.0519. The van der Waals surface area contributed by atoms with Crippen LogP contribution in [0.5, 0.6) is 0 Å². The Morgan fingerprint density at radius 2 is 2.00 bits per heavy atom. The monoisotopic (exact) mass is 282 g/mol. The Labute approximate surface area is 121 Å². The molecule has 0 bridgehead atoms. The van der Waals surface area contributed by atoms with E-state index >= 15 is 0 Å². The van der Waals surface area contributed by atoms with Crippen LogP contribution >= 0.6 is 0 Å². The molecule has 0 saturated carbocycles. The Morgan fingerprint density at radius 1 is 1.35 bits per heavy atom. The van der Waals surface area contributed by atoms with Crippen molar-refractivity contribution in [3.05, 3.63) is 12.0 Å². The van der Waals surface area contributed by atoms with Gasteiger partial charge in [0.05, 0.1) is 6.61 Å². The Kier molecular flexibility index (Phi) is 6.55. The summed E-state index contributed by atoms with van der Waals surface area (Å²) in [6, 6.07) is 0.876. The van der Waals surface area contributed by atoms with Gasteiger partial charge < -0.3 is 14.1 Å². The van der Waals surface area contributed by atoms with Gasteiger partial charge in [-0.1, -0.05) is 27.7 Å². The summed E-state index contributed by atoms with van der Waals surface area (Å²) in [7, 11) is 0. The molecule has 114 valence electrons. The van der Waals surface area contributed by atoms with E-state index < -0.39 is 5.97 Å². The van der Waals surface area contributed by atoms with Crippen molar-refractivity contribution in [2.24, 2.45) is 5.92 Å². The second-order valence-electron chi connectivity index (χ2n) is 5.25. The van der Waals surface area contributed by atoms with Crippen molar-refractivity contribution in [1.29, 1.82) is 0 Å². The number of esters is 1. The molecule has 0 saturated heterocycles. The van der Waals surface area contributed by atoms with Gasteiger partial charge in [-0.3, -0.25) is 0 Å². The lowest BCUT2D eigenvalue weighted by Crippen LogP contribution is -2.37. The van der Waals surface area contributed by atoms with Crippen LogP contribution in [-0.4, -0.2) is 30.1 Å². The van der Waals surface area contributed by atoms with Crippen LogP contribution in [-0.2, 0) is 4.74 Å². The number of hydrogen-bond donors (Lipinski definition) is 0. The molecule has 20 heavy (non-hydrogen) atoms. The maximum Gasteiger partial charge on any atom is 0.360 e. The molecule has 0 atom stereocenters. The first-order chi connectivity index (χ1) is 9.53. The second kappa shape index (κ2) is 7.92. The molecule has 1 rings (SSSR count). The third-order valence-corrected chi connectivity index (χ3v) is 3.17. The largest absolute Gasteiger partial charge is 0.461 e. The van der Waals surface area contributed by atoms with Crippen LogP contribution in [0.2, 0.25) is 0 Å². The van der Waals surface area contributed by atoms with Crippen LogP contribution in [0, 0.1) is 5.92 Å². The van der Waals surface area contributed by atoms with Gasteiger partial charge >= 0.3 is 5.97 Å². The van der Waals surface area contributed by atoms with Gasteiger partial charge in [-0.15, -0.1) is 0 Å². The predicted octanol–water partition coefficient (Wildman–Crippen LogP) is 3.50. The zero-order chi connectivity index (χ0) is 15.1. The van der Waals surface area contributed by atoms with Gasteiger partial charge in [0.25, 0.3) is 6.01 Å². The predicted molar refractivity (Wildman–Crippen MR) is 79.0 cm³/mol. The first-order valence-corrected chi connectivity index (χ1v) is 7.42. The van der Waals surface area contributed by atoms with E-state index in [1.165, 1.54) is 6.26 Å². The highest BCUT2D eigenvalue weighted by molar-refractivity contribution is 5.87. The normalized spacial score (nSPS) is 11.2. The lowest BCUT2D eigenvalue weighted by atomic mass is 10.1. The van der Waals surface area contributed by atoms with E-state index in [1.807, 2.05) is 0 Å². The maximum atomic E-state index is 11.6. The molecule has 0 spiro atoms. The van der Waals surface area contributed by atoms with Crippen molar-refractivity contribution >= 4 is 12.0 Å². The fourth-order valence-electron chi connectivity index (χ4n) is 2.20. The average Bonchev–Trinajstić information content (AvgIpc) is 2.88. The van der Waals surface area contributed by atoms with Crippen molar-refractivity contribution < 1.29 is 13.9 Å². The van der Waals surface area contributed by atoms with E-state index in [1.54, 1.807) is 6.92 Å². The fourth-order valence-corrected chi connectivity index (χ4v) is 2.20. The molecule has 0 aliphatic rings. The summed E-state index contributed by atoms with van der Waals surface area (Å²) >= 11 is 0. The topological polar surface area (TPSA) is 55.6 Å². The Morgan fingerprint density at radius 3 is 2.50 bits per heavy atom. The first kappa shape index (κ1) is 16.5. The van der Waals surface area contributed by atoms with E-state index in [9.17, 15) is 4.79 Å². The van der Waals surface area contributed by atoms with E-state index in [-0.39, 0.29) is 5.69 Å². The number of anilines is 1. The number of rotatable bonds is 8. The quantitative estimate of drug-likeness (QED) is 0.683. The van der Waals surface area contributed by atoms with Crippen LogP contribution in [0.25, 0.3) is 0 Å². The molecule has 0 aromatic carbocycles. The molecule has 0 aliphatic heterocycles. The molecule has 1 aromatic rings. The number of aromatic nitrogens is 1. The summed E-state index contributed by atoms with van der Waals surface area (Å²) in [6.45, 7) is 11.6. The molecule has 0 amide bonds. The second-order valence-corrected chi connectivity index (χ2v) is 5.25. The molecule has 1 heterocycles. The number of ether oxygens (including phenoxy) is 1. The average molecular weight is 282 g/mol. The molecule has 0 unspecified atom stereocenters. The zero-order valence-corrected chi connectivity index (χ0v) is 13.2. The highest BCUT2D eigenvalue weighted by atomic mass is 16.5.